The number of nitrogens with two attached hydrogens (primary N) is 1. The molecule has 20 heavy (non-hydrogen) atoms. The van der Waals surface area contributed by atoms with E-state index in [1.165, 1.54) is 5.56 Å². The van der Waals surface area contributed by atoms with Crippen molar-refractivity contribution in [3.63, 3.8) is 0 Å². The van der Waals surface area contributed by atoms with Gasteiger partial charge in [-0.05, 0) is 37.0 Å². The quantitative estimate of drug-likeness (QED) is 0.637. The van der Waals surface area contributed by atoms with Crippen LogP contribution in [-0.4, -0.2) is 18.5 Å². The second-order valence-corrected chi connectivity index (χ2v) is 4.74. The van der Waals surface area contributed by atoms with Gasteiger partial charge in [-0.15, -0.1) is 0 Å². The molecular formula is C15H23N3O2. The van der Waals surface area contributed by atoms with Crippen molar-refractivity contribution in [2.24, 2.45) is 5.73 Å². The van der Waals surface area contributed by atoms with E-state index in [4.69, 9.17) is 5.73 Å². The molecule has 0 unspecified atom stereocenters. The standard InChI is InChI=1S/C15H23N3O2/c1-2-5-12-7-9-13(10-8-12)18-14(19)6-3-4-11-17-15(16)20/h7-10H,2-6,11H2,1H3,(H,18,19)(H3,16,17,20). The van der Waals surface area contributed by atoms with Crippen LogP contribution in [0.5, 0.6) is 0 Å². The largest absolute Gasteiger partial charge is 0.352 e. The van der Waals surface area contributed by atoms with Gasteiger partial charge in [0.1, 0.15) is 0 Å². The second-order valence-electron chi connectivity index (χ2n) is 4.74. The number of nitrogens with one attached hydrogen (secondary N) is 2. The highest BCUT2D eigenvalue weighted by Gasteiger charge is 2.02. The van der Waals surface area contributed by atoms with Crippen LogP contribution in [0.3, 0.4) is 0 Å². The van der Waals surface area contributed by atoms with Gasteiger partial charge in [0.05, 0.1) is 0 Å². The van der Waals surface area contributed by atoms with Crippen molar-refractivity contribution in [2.75, 3.05) is 11.9 Å². The average molecular weight is 277 g/mol. The lowest BCUT2D eigenvalue weighted by Gasteiger charge is -2.06. The number of carbonyl (C=O) groups is 2. The maximum Gasteiger partial charge on any atom is 0.312 e. The molecule has 0 aliphatic rings. The SMILES string of the molecule is CCCc1ccc(NC(=O)CCCCNC(N)=O)cc1. The van der Waals surface area contributed by atoms with Crippen molar-refractivity contribution >= 4 is 17.6 Å². The Morgan fingerprint density at radius 2 is 1.85 bits per heavy atom. The molecular weight excluding hydrogens is 254 g/mol. The highest BCUT2D eigenvalue weighted by molar-refractivity contribution is 5.90. The summed E-state index contributed by atoms with van der Waals surface area (Å²) in [7, 11) is 0. The average Bonchev–Trinajstić information content (AvgIpc) is 2.40. The first-order valence-electron chi connectivity index (χ1n) is 7.04. The summed E-state index contributed by atoms with van der Waals surface area (Å²) in [4.78, 5) is 22.1. The van der Waals surface area contributed by atoms with Crippen LogP contribution in [0.15, 0.2) is 24.3 Å². The van der Waals surface area contributed by atoms with Crippen LogP contribution < -0.4 is 16.4 Å². The summed E-state index contributed by atoms with van der Waals surface area (Å²) in [6.45, 7) is 2.65. The van der Waals surface area contributed by atoms with Gasteiger partial charge < -0.3 is 16.4 Å². The Morgan fingerprint density at radius 3 is 2.45 bits per heavy atom. The van der Waals surface area contributed by atoms with Crippen LogP contribution in [0.4, 0.5) is 10.5 Å². The minimum Gasteiger partial charge on any atom is -0.352 e. The molecule has 0 heterocycles. The second kappa shape index (κ2) is 8.96. The number of urea groups is 1. The highest BCUT2D eigenvalue weighted by atomic mass is 16.2. The Balaban J connectivity index is 2.22. The van der Waals surface area contributed by atoms with Crippen LogP contribution in [0.2, 0.25) is 0 Å². The van der Waals surface area contributed by atoms with Gasteiger partial charge in [0.15, 0.2) is 0 Å². The number of hydrogen-bond donors (Lipinski definition) is 3. The predicted octanol–water partition coefficient (Wildman–Crippen LogP) is 2.42. The van der Waals surface area contributed by atoms with E-state index in [0.717, 1.165) is 31.4 Å². The lowest BCUT2D eigenvalue weighted by molar-refractivity contribution is -0.116. The van der Waals surface area contributed by atoms with Crippen molar-refractivity contribution < 1.29 is 9.59 Å². The summed E-state index contributed by atoms with van der Waals surface area (Å²) < 4.78 is 0. The van der Waals surface area contributed by atoms with Crippen LogP contribution in [-0.2, 0) is 11.2 Å². The molecule has 3 amide bonds. The number of hydrogen-bond acceptors (Lipinski definition) is 2. The van der Waals surface area contributed by atoms with Gasteiger partial charge in [-0.2, -0.15) is 0 Å². The van der Waals surface area contributed by atoms with Crippen molar-refractivity contribution in [1.82, 2.24) is 5.32 Å². The minimum absolute atomic E-state index is 0.00711. The Kier molecular flexibility index (Phi) is 7.17. The first-order chi connectivity index (χ1) is 9.61. The fourth-order valence-corrected chi connectivity index (χ4v) is 1.89. The molecule has 5 heteroatoms. The van der Waals surface area contributed by atoms with Crippen LogP contribution in [0.25, 0.3) is 0 Å². The van der Waals surface area contributed by atoms with Crippen LogP contribution >= 0.6 is 0 Å². The lowest BCUT2D eigenvalue weighted by Crippen LogP contribution is -2.30. The number of rotatable bonds is 8. The fourth-order valence-electron chi connectivity index (χ4n) is 1.89. The van der Waals surface area contributed by atoms with Gasteiger partial charge in [-0.25, -0.2) is 4.79 Å². The highest BCUT2D eigenvalue weighted by Crippen LogP contribution is 2.11. The van der Waals surface area contributed by atoms with Gasteiger partial charge in [-0.1, -0.05) is 25.5 Å². The molecule has 0 aliphatic carbocycles. The van der Waals surface area contributed by atoms with E-state index in [-0.39, 0.29) is 5.91 Å². The van der Waals surface area contributed by atoms with E-state index in [1.807, 2.05) is 24.3 Å². The maximum atomic E-state index is 11.7. The van der Waals surface area contributed by atoms with Crippen molar-refractivity contribution in [3.8, 4) is 0 Å². The molecule has 0 bridgehead atoms. The number of benzene rings is 1. The zero-order valence-corrected chi connectivity index (χ0v) is 11.9. The third kappa shape index (κ3) is 6.78. The third-order valence-corrected chi connectivity index (χ3v) is 2.91. The number of amides is 3. The van der Waals surface area contributed by atoms with Crippen LogP contribution in [0.1, 0.15) is 38.2 Å². The molecule has 4 N–H and O–H groups in total. The number of aryl methyl sites for hydroxylation is 1. The monoisotopic (exact) mass is 277 g/mol. The van der Waals surface area contributed by atoms with Gasteiger partial charge >= 0.3 is 6.03 Å². The molecule has 0 saturated carbocycles. The zero-order chi connectivity index (χ0) is 14.8. The molecule has 0 radical (unpaired) electrons. The summed E-state index contributed by atoms with van der Waals surface area (Å²) in [6.07, 6.45) is 4.08. The van der Waals surface area contributed by atoms with E-state index in [0.29, 0.717) is 13.0 Å². The van der Waals surface area contributed by atoms with E-state index >= 15 is 0 Å². The van der Waals surface area contributed by atoms with E-state index in [2.05, 4.69) is 17.6 Å². The molecule has 1 rings (SSSR count). The minimum atomic E-state index is -0.526. The summed E-state index contributed by atoms with van der Waals surface area (Å²) >= 11 is 0. The van der Waals surface area contributed by atoms with Crippen molar-refractivity contribution in [1.29, 1.82) is 0 Å². The molecule has 0 saturated heterocycles. The van der Waals surface area contributed by atoms with E-state index in [9.17, 15) is 9.59 Å². The topological polar surface area (TPSA) is 84.2 Å². The number of anilines is 1. The lowest BCUT2D eigenvalue weighted by atomic mass is 10.1. The summed E-state index contributed by atoms with van der Waals surface area (Å²) in [6, 6.07) is 7.41. The van der Waals surface area contributed by atoms with Gasteiger partial charge in [0.25, 0.3) is 0 Å². The molecule has 1 aromatic carbocycles. The van der Waals surface area contributed by atoms with Crippen molar-refractivity contribution in [2.45, 2.75) is 39.0 Å². The number of unbranched alkanes of at least 4 members (excludes halogenated alkanes) is 1. The first kappa shape index (κ1) is 16.0. The first-order valence-corrected chi connectivity index (χ1v) is 7.04. The Morgan fingerprint density at radius 1 is 1.15 bits per heavy atom. The molecule has 0 atom stereocenters. The Labute approximate surface area is 119 Å². The summed E-state index contributed by atoms with van der Waals surface area (Å²) in [5.74, 6) is -0.00711. The molecule has 5 nitrogen and oxygen atoms in total. The normalized spacial score (nSPS) is 10.1. The van der Waals surface area contributed by atoms with Crippen LogP contribution in [0, 0.1) is 0 Å². The third-order valence-electron chi connectivity index (χ3n) is 2.91. The number of primary amides is 1. The number of carbonyl (C=O) groups excluding carboxylic acids is 2. The van der Waals surface area contributed by atoms with Crippen molar-refractivity contribution in [3.05, 3.63) is 29.8 Å². The molecule has 110 valence electrons. The smallest absolute Gasteiger partial charge is 0.312 e. The molecule has 0 fully saturated rings. The van der Waals surface area contributed by atoms with Gasteiger partial charge in [0, 0.05) is 18.7 Å². The maximum absolute atomic E-state index is 11.7. The molecule has 1 aromatic rings. The Hall–Kier alpha value is -2.04. The van der Waals surface area contributed by atoms with E-state index in [1.54, 1.807) is 0 Å². The summed E-state index contributed by atoms with van der Waals surface area (Å²) in [5, 5.41) is 5.35. The Bertz CT molecular complexity index is 429. The van der Waals surface area contributed by atoms with E-state index < -0.39 is 6.03 Å². The summed E-state index contributed by atoms with van der Waals surface area (Å²) in [5.41, 5.74) is 7.05. The van der Waals surface area contributed by atoms with Gasteiger partial charge in [0.2, 0.25) is 5.91 Å². The molecule has 0 aliphatic heterocycles. The molecule has 0 aromatic heterocycles. The molecule has 0 spiro atoms. The predicted molar refractivity (Wildman–Crippen MR) is 80.5 cm³/mol. The zero-order valence-electron chi connectivity index (χ0n) is 11.9. The fraction of sp³-hybridized carbons (Fsp3) is 0.467. The van der Waals surface area contributed by atoms with Gasteiger partial charge in [-0.3, -0.25) is 4.79 Å².